The number of piperazine rings is 1. The highest BCUT2D eigenvalue weighted by molar-refractivity contribution is 7.03. The van der Waals surface area contributed by atoms with Crippen LogP contribution in [-0.4, -0.2) is 102 Å². The number of aromatic nitrogens is 2. The van der Waals surface area contributed by atoms with Crippen molar-refractivity contribution >= 4 is 55.7 Å². The maximum Gasteiger partial charge on any atom is 0.291 e. The van der Waals surface area contributed by atoms with Crippen molar-refractivity contribution in [3.8, 4) is 23.5 Å². The third-order valence-electron chi connectivity index (χ3n) is 8.92. The van der Waals surface area contributed by atoms with Gasteiger partial charge in [0.1, 0.15) is 5.75 Å². The molecular weight excluding hydrogens is 628 g/mol. The number of benzene rings is 1. The van der Waals surface area contributed by atoms with E-state index in [1.165, 1.54) is 36.7 Å². The minimum absolute atomic E-state index is 0.0394. The van der Waals surface area contributed by atoms with E-state index in [2.05, 4.69) is 75.8 Å². The number of rotatable bonds is 11. The normalized spacial score (nSPS) is 17.8. The van der Waals surface area contributed by atoms with Gasteiger partial charge in [0.25, 0.3) is 11.9 Å². The lowest BCUT2D eigenvalue weighted by atomic mass is 10.3. The summed E-state index contributed by atoms with van der Waals surface area (Å²) in [6, 6.07) is 9.87. The van der Waals surface area contributed by atoms with Crippen molar-refractivity contribution in [3.05, 3.63) is 35.0 Å². The Kier molecular flexibility index (Phi) is 10.1. The van der Waals surface area contributed by atoms with Gasteiger partial charge >= 0.3 is 0 Å². The lowest BCUT2D eigenvalue weighted by Crippen LogP contribution is -2.63. The third kappa shape index (κ3) is 7.66. The summed E-state index contributed by atoms with van der Waals surface area (Å²) in [5.74, 6) is 0.895. The molecule has 2 N–H and O–H groups in total. The van der Waals surface area contributed by atoms with Crippen molar-refractivity contribution in [1.82, 2.24) is 19.8 Å². The van der Waals surface area contributed by atoms with E-state index < -0.39 is 22.1 Å². The number of fused-ring (bicyclic) bond motifs is 1. The Labute approximate surface area is 272 Å². The van der Waals surface area contributed by atoms with E-state index in [-0.39, 0.29) is 29.2 Å². The molecule has 45 heavy (non-hydrogen) atoms. The lowest BCUT2D eigenvalue weighted by molar-refractivity contribution is 0.0990. The van der Waals surface area contributed by atoms with Crippen molar-refractivity contribution in [1.29, 1.82) is 0 Å². The maximum absolute atomic E-state index is 13.2. The highest BCUT2D eigenvalue weighted by Crippen LogP contribution is 2.35. The zero-order chi connectivity index (χ0) is 32.4. The molecule has 0 spiro atoms. The van der Waals surface area contributed by atoms with E-state index in [1.807, 2.05) is 0 Å². The quantitative estimate of drug-likeness (QED) is 0.220. The van der Waals surface area contributed by atoms with E-state index in [0.29, 0.717) is 23.3 Å². The summed E-state index contributed by atoms with van der Waals surface area (Å²) < 4.78 is 22.9. The number of likely N-dealkylation sites (N-methyl/N-ethyl adjacent to an activating group) is 1. The number of ether oxygens (including phenoxy) is 3. The van der Waals surface area contributed by atoms with Gasteiger partial charge in [-0.25, -0.2) is 0 Å². The predicted octanol–water partition coefficient (Wildman–Crippen LogP) is 4.68. The monoisotopic (exact) mass is 672 g/mol. The second kappa shape index (κ2) is 13.7. The number of hydrogen-bond donors (Lipinski definition) is 2. The smallest absolute Gasteiger partial charge is 0.291 e. The molecule has 1 saturated heterocycles. The van der Waals surface area contributed by atoms with Crippen LogP contribution in [0.25, 0.3) is 0 Å². The molecule has 2 aromatic heterocycles. The average Bonchev–Trinajstić information content (AvgIpc) is 3.48. The molecule has 1 aromatic carbocycles. The fourth-order valence-electron chi connectivity index (χ4n) is 5.90. The summed E-state index contributed by atoms with van der Waals surface area (Å²) in [5.41, 5.74) is 0.198. The van der Waals surface area contributed by atoms with Gasteiger partial charge in [0.15, 0.2) is 11.4 Å². The fourth-order valence-corrected chi connectivity index (χ4v) is 16.4. The van der Waals surface area contributed by atoms with E-state index >= 15 is 0 Å². The number of anilines is 2. The summed E-state index contributed by atoms with van der Waals surface area (Å²) >= 11 is 6.71. The van der Waals surface area contributed by atoms with Gasteiger partial charge in [0, 0.05) is 38.8 Å². The summed E-state index contributed by atoms with van der Waals surface area (Å²) in [6.07, 6.45) is 0.940. The molecule has 0 aliphatic carbocycles. The van der Waals surface area contributed by atoms with Crippen LogP contribution < -0.4 is 35.2 Å². The number of carbonyl (C=O) groups is 1. The first-order valence-electron chi connectivity index (χ1n) is 15.5. The molecule has 2 aliphatic heterocycles. The second-order valence-electron chi connectivity index (χ2n) is 13.1. The molecule has 2 aliphatic rings. The van der Waals surface area contributed by atoms with Crippen LogP contribution in [0.1, 0.15) is 17.0 Å². The first-order chi connectivity index (χ1) is 21.4. The van der Waals surface area contributed by atoms with Gasteiger partial charge in [-0.05, 0) is 38.2 Å². The predicted molar refractivity (Wildman–Crippen MR) is 184 cm³/mol. The summed E-state index contributed by atoms with van der Waals surface area (Å²) in [4.78, 5) is 26.9. The van der Waals surface area contributed by atoms with Gasteiger partial charge in [-0.1, -0.05) is 60.3 Å². The van der Waals surface area contributed by atoms with E-state index in [4.69, 9.17) is 30.2 Å². The number of amides is 1. The Morgan fingerprint density at radius 1 is 0.978 bits per heavy atom. The zero-order valence-electron chi connectivity index (χ0n) is 27.4. The highest BCUT2D eigenvalue weighted by atomic mass is 35.5. The molecule has 0 saturated carbocycles. The Bertz CT molecular complexity index is 1500. The zero-order valence-corrected chi connectivity index (χ0v) is 30.1. The Morgan fingerprint density at radius 2 is 1.60 bits per heavy atom. The topological polar surface area (TPSA) is 114 Å². The highest BCUT2D eigenvalue weighted by Gasteiger charge is 2.40. The van der Waals surface area contributed by atoms with E-state index in [0.717, 1.165) is 39.1 Å². The van der Waals surface area contributed by atoms with Crippen LogP contribution in [0.2, 0.25) is 43.3 Å². The maximum atomic E-state index is 13.2. The number of nitrogens with zero attached hydrogens (tertiary/aromatic N) is 4. The minimum Gasteiger partial charge on any atom is -0.479 e. The molecule has 11 nitrogen and oxygen atoms in total. The number of halogens is 1. The molecule has 4 heterocycles. The van der Waals surface area contributed by atoms with Gasteiger partial charge in [-0.3, -0.25) is 4.79 Å². The van der Waals surface area contributed by atoms with Crippen LogP contribution in [0.5, 0.6) is 23.5 Å². The lowest BCUT2D eigenvalue weighted by Gasteiger charge is -2.39. The molecule has 0 unspecified atom stereocenters. The summed E-state index contributed by atoms with van der Waals surface area (Å²) in [6.45, 7) is 15.6. The molecule has 1 amide bonds. The molecule has 0 bridgehead atoms. The molecule has 0 radical (unpaired) electrons. The minimum atomic E-state index is -1.61. The van der Waals surface area contributed by atoms with Crippen molar-refractivity contribution < 1.29 is 23.4 Å². The van der Waals surface area contributed by atoms with E-state index in [1.54, 1.807) is 12.1 Å². The Balaban J connectivity index is 1.24. The third-order valence-corrected chi connectivity index (χ3v) is 16.7. The number of methoxy groups -OCH3 is 2. The fraction of sp³-hybridized carbons (Fsp3) is 0.516. The van der Waals surface area contributed by atoms with Gasteiger partial charge in [0.2, 0.25) is 17.7 Å². The van der Waals surface area contributed by atoms with Crippen molar-refractivity contribution in [3.63, 3.8) is 0 Å². The standard InChI is InChI=1S/C31H45ClN6O5Si2/c1-37-13-15-38(16-14-37)12-8-11-33-31-35-29(40-2)27(30(36-31)41-3)34-28(39)22-9-10-26(42-22)43-23-20-25-24(19-21(23)32)44(4,5)17-18-45(25,6)7/h9-10,19-20H,8,11-18H2,1-7H3,(H,34,39)(H,33,35,36). The van der Waals surface area contributed by atoms with Gasteiger partial charge < -0.3 is 39.1 Å². The van der Waals surface area contributed by atoms with Crippen molar-refractivity contribution in [2.75, 3.05) is 71.2 Å². The number of hydrogen-bond acceptors (Lipinski definition) is 10. The van der Waals surface area contributed by atoms with Crippen LogP contribution in [0.4, 0.5) is 11.6 Å². The van der Waals surface area contributed by atoms with Crippen LogP contribution in [0.3, 0.4) is 0 Å². The summed E-state index contributed by atoms with van der Waals surface area (Å²) in [5, 5.41) is 9.39. The number of furan rings is 1. The molecule has 1 fully saturated rings. The molecule has 0 atom stereocenters. The molecule has 244 valence electrons. The molecule has 5 rings (SSSR count). The van der Waals surface area contributed by atoms with Crippen LogP contribution in [-0.2, 0) is 0 Å². The molecule has 3 aromatic rings. The van der Waals surface area contributed by atoms with Gasteiger partial charge in [-0.2, -0.15) is 9.97 Å². The Hall–Kier alpha value is -3.11. The molecular formula is C31H45ClN6O5Si2. The largest absolute Gasteiger partial charge is 0.479 e. The number of carbonyl (C=O) groups excluding carboxylic acids is 1. The van der Waals surface area contributed by atoms with Gasteiger partial charge in [-0.15, -0.1) is 0 Å². The van der Waals surface area contributed by atoms with Gasteiger partial charge in [0.05, 0.1) is 35.4 Å². The van der Waals surface area contributed by atoms with Crippen LogP contribution >= 0.6 is 11.6 Å². The van der Waals surface area contributed by atoms with Crippen LogP contribution in [0.15, 0.2) is 28.7 Å². The first-order valence-corrected chi connectivity index (χ1v) is 22.3. The summed E-state index contributed by atoms with van der Waals surface area (Å²) in [7, 11) is 1.94. The van der Waals surface area contributed by atoms with Crippen molar-refractivity contribution in [2.24, 2.45) is 0 Å². The number of nitrogens with one attached hydrogen (secondary N) is 2. The average molecular weight is 673 g/mol. The SMILES string of the molecule is COc1nc(NCCCN2CCN(C)CC2)nc(OC)c1NC(=O)c1ccc(Oc2cc3c(cc2Cl)[Si](C)(C)CC[Si]3(C)C)o1. The first kappa shape index (κ1) is 33.3. The molecule has 14 heteroatoms. The Morgan fingerprint density at radius 3 is 2.22 bits per heavy atom. The van der Waals surface area contributed by atoms with E-state index in [9.17, 15) is 4.79 Å². The van der Waals surface area contributed by atoms with Crippen molar-refractivity contribution in [2.45, 2.75) is 44.7 Å². The second-order valence-corrected chi connectivity index (χ2v) is 23.2. The van der Waals surface area contributed by atoms with Crippen LogP contribution in [0, 0.1) is 0 Å².